The molecule has 9 nitrogen and oxygen atoms in total. The number of amides is 2. The molecule has 0 heterocycles. The lowest BCUT2D eigenvalue weighted by Gasteiger charge is -2.34. The molecular formula is C38H45N3O6S. The molecule has 0 radical (unpaired) electrons. The molecule has 0 aliphatic carbocycles. The molecule has 0 saturated heterocycles. The van der Waals surface area contributed by atoms with E-state index in [2.05, 4.69) is 5.32 Å². The minimum Gasteiger partial charge on any atom is -0.493 e. The van der Waals surface area contributed by atoms with Gasteiger partial charge in [0, 0.05) is 25.6 Å². The highest BCUT2D eigenvalue weighted by Gasteiger charge is 2.35. The summed E-state index contributed by atoms with van der Waals surface area (Å²) in [5.41, 5.74) is 3.85. The number of carbonyl (C=O) groups excluding carboxylic acids is 2. The van der Waals surface area contributed by atoms with Gasteiger partial charge in [0.1, 0.15) is 12.6 Å². The zero-order chi connectivity index (χ0) is 34.7. The van der Waals surface area contributed by atoms with Crippen LogP contribution in [0, 0.1) is 13.8 Å². The number of ether oxygens (including phenoxy) is 2. The van der Waals surface area contributed by atoms with Gasteiger partial charge in [-0.3, -0.25) is 13.9 Å². The number of sulfonamides is 1. The average Bonchev–Trinajstić information content (AvgIpc) is 3.09. The first-order chi connectivity index (χ1) is 23.1. The van der Waals surface area contributed by atoms with Gasteiger partial charge < -0.3 is 19.7 Å². The summed E-state index contributed by atoms with van der Waals surface area (Å²) >= 11 is 0. The van der Waals surface area contributed by atoms with Crippen LogP contribution in [0.3, 0.4) is 0 Å². The Morgan fingerprint density at radius 1 is 0.792 bits per heavy atom. The number of rotatable bonds is 16. The van der Waals surface area contributed by atoms with Gasteiger partial charge in [-0.2, -0.15) is 0 Å². The second-order valence-electron chi connectivity index (χ2n) is 11.7. The van der Waals surface area contributed by atoms with E-state index in [9.17, 15) is 18.0 Å². The molecule has 0 aliphatic rings. The van der Waals surface area contributed by atoms with Gasteiger partial charge in [0.05, 0.1) is 24.8 Å². The Kier molecular flexibility index (Phi) is 12.6. The molecule has 1 N–H and O–H groups in total. The van der Waals surface area contributed by atoms with Crippen molar-refractivity contribution in [1.82, 2.24) is 10.2 Å². The third-order valence-electron chi connectivity index (χ3n) is 8.12. The van der Waals surface area contributed by atoms with Crippen LogP contribution in [0.15, 0.2) is 102 Å². The molecule has 0 spiro atoms. The summed E-state index contributed by atoms with van der Waals surface area (Å²) in [6.45, 7) is 5.88. The van der Waals surface area contributed by atoms with Gasteiger partial charge >= 0.3 is 0 Å². The van der Waals surface area contributed by atoms with Gasteiger partial charge in [-0.05, 0) is 55.7 Å². The van der Waals surface area contributed by atoms with E-state index in [0.29, 0.717) is 18.0 Å². The fourth-order valence-corrected chi connectivity index (χ4v) is 6.70. The molecule has 0 saturated carbocycles. The lowest BCUT2D eigenvalue weighted by atomic mass is 10.0. The Hall–Kier alpha value is -4.83. The van der Waals surface area contributed by atoms with Gasteiger partial charge in [-0.1, -0.05) is 91.2 Å². The lowest BCUT2D eigenvalue weighted by Crippen LogP contribution is -2.53. The maximum atomic E-state index is 14.7. The van der Waals surface area contributed by atoms with Crippen molar-refractivity contribution in [2.75, 3.05) is 31.6 Å². The smallest absolute Gasteiger partial charge is 0.264 e. The van der Waals surface area contributed by atoms with Crippen LogP contribution in [-0.4, -0.2) is 58.5 Å². The summed E-state index contributed by atoms with van der Waals surface area (Å²) < 4.78 is 40.6. The Bertz CT molecular complexity index is 1760. The number of hydrogen-bond donors (Lipinski definition) is 1. The Morgan fingerprint density at radius 2 is 1.42 bits per heavy atom. The van der Waals surface area contributed by atoms with Crippen molar-refractivity contribution in [1.29, 1.82) is 0 Å². The number of benzene rings is 4. The van der Waals surface area contributed by atoms with Gasteiger partial charge in [0.15, 0.2) is 11.5 Å². The molecule has 0 fully saturated rings. The lowest BCUT2D eigenvalue weighted by molar-refractivity contribution is -0.140. The van der Waals surface area contributed by atoms with Crippen molar-refractivity contribution >= 4 is 27.5 Å². The molecule has 2 amide bonds. The first-order valence-electron chi connectivity index (χ1n) is 16.1. The van der Waals surface area contributed by atoms with E-state index in [1.807, 2.05) is 75.4 Å². The largest absolute Gasteiger partial charge is 0.493 e. The quantitative estimate of drug-likeness (QED) is 0.145. The van der Waals surface area contributed by atoms with Crippen molar-refractivity contribution in [2.45, 2.75) is 57.5 Å². The standard InChI is InChI=1S/C38H45N3O6S/c1-6-7-23-39-38(43)34(24-30-11-9-8-10-12-30)40(26-31-17-13-28(2)14-18-31)37(42)27-41(32-19-22-35(46-4)36(25-32)47-5)48(44,45)33-20-15-29(3)16-21-33/h8-22,25,34H,6-7,23-24,26-27H2,1-5H3,(H,39,43). The maximum absolute atomic E-state index is 14.7. The molecule has 1 unspecified atom stereocenters. The number of hydrogen-bond acceptors (Lipinski definition) is 6. The van der Waals surface area contributed by atoms with Crippen LogP contribution in [0.4, 0.5) is 5.69 Å². The minimum absolute atomic E-state index is 0.0268. The second kappa shape index (κ2) is 16.8. The number of aryl methyl sites for hydroxylation is 2. The van der Waals surface area contributed by atoms with E-state index < -0.39 is 28.5 Å². The molecule has 1 atom stereocenters. The normalized spacial score (nSPS) is 11.8. The molecule has 4 aromatic rings. The minimum atomic E-state index is -4.26. The number of nitrogens with zero attached hydrogens (tertiary/aromatic N) is 2. The van der Waals surface area contributed by atoms with Crippen LogP contribution in [0.25, 0.3) is 0 Å². The molecule has 0 aliphatic heterocycles. The van der Waals surface area contributed by atoms with Gasteiger partial charge in [0.25, 0.3) is 10.0 Å². The fourth-order valence-electron chi connectivity index (χ4n) is 5.30. The first-order valence-corrected chi connectivity index (χ1v) is 17.5. The van der Waals surface area contributed by atoms with Crippen LogP contribution in [0.5, 0.6) is 11.5 Å². The third-order valence-corrected chi connectivity index (χ3v) is 9.91. The van der Waals surface area contributed by atoms with Crippen molar-refractivity contribution in [3.05, 3.63) is 119 Å². The van der Waals surface area contributed by atoms with Crippen LogP contribution >= 0.6 is 0 Å². The highest BCUT2D eigenvalue weighted by atomic mass is 32.2. The fraction of sp³-hybridized carbons (Fsp3) is 0.316. The predicted molar refractivity (Wildman–Crippen MR) is 189 cm³/mol. The molecule has 0 bridgehead atoms. The summed E-state index contributed by atoms with van der Waals surface area (Å²) in [6, 6.07) is 27.5. The topological polar surface area (TPSA) is 105 Å². The summed E-state index contributed by atoms with van der Waals surface area (Å²) in [7, 11) is -1.31. The Balaban J connectivity index is 1.82. The number of anilines is 1. The molecule has 10 heteroatoms. The van der Waals surface area contributed by atoms with Crippen molar-refractivity contribution in [3.8, 4) is 11.5 Å². The van der Waals surface area contributed by atoms with Crippen molar-refractivity contribution in [2.24, 2.45) is 0 Å². The number of nitrogens with one attached hydrogen (secondary N) is 1. The van der Waals surface area contributed by atoms with Crippen molar-refractivity contribution in [3.63, 3.8) is 0 Å². The molecule has 4 rings (SSSR count). The van der Waals surface area contributed by atoms with E-state index in [1.54, 1.807) is 24.3 Å². The van der Waals surface area contributed by atoms with Gasteiger partial charge in [-0.15, -0.1) is 0 Å². The average molecular weight is 672 g/mol. The van der Waals surface area contributed by atoms with Crippen molar-refractivity contribution < 1.29 is 27.5 Å². The second-order valence-corrected chi connectivity index (χ2v) is 13.6. The van der Waals surface area contributed by atoms with Crippen LogP contribution in [0.1, 0.15) is 42.0 Å². The molecule has 4 aromatic carbocycles. The summed E-state index contributed by atoms with van der Waals surface area (Å²) in [6.07, 6.45) is 1.93. The Morgan fingerprint density at radius 3 is 2.02 bits per heavy atom. The van der Waals surface area contributed by atoms with Gasteiger partial charge in [-0.25, -0.2) is 8.42 Å². The van der Waals surface area contributed by atoms with E-state index in [0.717, 1.165) is 39.4 Å². The molecular weight excluding hydrogens is 627 g/mol. The zero-order valence-electron chi connectivity index (χ0n) is 28.3. The summed E-state index contributed by atoms with van der Waals surface area (Å²) in [5, 5.41) is 3.01. The zero-order valence-corrected chi connectivity index (χ0v) is 29.1. The number of carbonyl (C=O) groups is 2. The van der Waals surface area contributed by atoms with Crippen LogP contribution in [-0.2, 0) is 32.6 Å². The molecule has 0 aromatic heterocycles. The highest BCUT2D eigenvalue weighted by molar-refractivity contribution is 7.92. The third kappa shape index (κ3) is 9.16. The first kappa shape index (κ1) is 36.0. The molecule has 48 heavy (non-hydrogen) atoms. The highest BCUT2D eigenvalue weighted by Crippen LogP contribution is 2.34. The van der Waals surface area contributed by atoms with Gasteiger partial charge in [0.2, 0.25) is 11.8 Å². The van der Waals surface area contributed by atoms with Crippen LogP contribution < -0.4 is 19.1 Å². The number of methoxy groups -OCH3 is 2. The summed E-state index contributed by atoms with van der Waals surface area (Å²) in [4.78, 5) is 30.1. The van der Waals surface area contributed by atoms with Crippen LogP contribution in [0.2, 0.25) is 0 Å². The molecule has 254 valence electrons. The maximum Gasteiger partial charge on any atom is 0.264 e. The van der Waals surface area contributed by atoms with E-state index in [-0.39, 0.29) is 29.5 Å². The Labute approximate surface area is 284 Å². The van der Waals surface area contributed by atoms with E-state index >= 15 is 0 Å². The monoisotopic (exact) mass is 671 g/mol. The summed E-state index contributed by atoms with van der Waals surface area (Å²) in [5.74, 6) is -0.118. The number of unbranched alkanes of at least 4 members (excludes halogenated alkanes) is 1. The van der Waals surface area contributed by atoms with E-state index in [1.165, 1.54) is 37.3 Å². The predicted octanol–water partition coefficient (Wildman–Crippen LogP) is 6.07. The SMILES string of the molecule is CCCCNC(=O)C(Cc1ccccc1)N(Cc1ccc(C)cc1)C(=O)CN(c1ccc(OC)c(OC)c1)S(=O)(=O)c1ccc(C)cc1. The van der Waals surface area contributed by atoms with E-state index in [4.69, 9.17) is 9.47 Å².